The lowest BCUT2D eigenvalue weighted by Crippen LogP contribution is -2.29. The summed E-state index contributed by atoms with van der Waals surface area (Å²) in [7, 11) is -2.66. The fraction of sp³-hybridized carbons (Fsp3) is 0.762. The first kappa shape index (κ1) is 50.0. The Bertz CT molecular complexity index is 996. The summed E-state index contributed by atoms with van der Waals surface area (Å²) in [6.45, 7) is 4.13. The molecule has 0 saturated carbocycles. The molecule has 0 amide bonds. The molecule has 2 atom stereocenters. The number of ether oxygens (including phenoxy) is 2. The van der Waals surface area contributed by atoms with Crippen LogP contribution in [-0.4, -0.2) is 56.3 Å². The van der Waals surface area contributed by atoms with E-state index in [2.05, 4.69) is 67.8 Å². The summed E-state index contributed by atoms with van der Waals surface area (Å²) in [5, 5.41) is 2.82. The molecule has 0 aliphatic heterocycles. The standard InChI is InChI=1S/C42H76NO8P/c1-4-6-8-10-12-14-16-18-19-20-21-23-25-27-29-31-33-35-42(45)51-40(39-50-52(46,47)49-37-36-43-3)38-48-41(44)34-32-30-28-26-24-22-17-15-13-11-9-7-5-2/h12,14-15,17-19,21,23,40,43H,4-11,13,16,20,22,24-39H2,1-3H3,(H,46,47)/b14-12-,17-15-,19-18-,23-21-. The normalized spacial score (nSPS) is 13.8. The number of unbranched alkanes of at least 4 members (excludes halogenated alkanes) is 16. The molecule has 2 N–H and O–H groups in total. The number of phosphoric acid groups is 1. The Morgan fingerprint density at radius 1 is 0.596 bits per heavy atom. The maximum absolute atomic E-state index is 12.6. The zero-order valence-electron chi connectivity index (χ0n) is 33.2. The number of hydrogen-bond donors (Lipinski definition) is 2. The number of phosphoric ester groups is 1. The van der Waals surface area contributed by atoms with E-state index < -0.39 is 26.5 Å². The number of hydrogen-bond acceptors (Lipinski definition) is 8. The molecule has 0 spiro atoms. The van der Waals surface area contributed by atoms with Crippen LogP contribution in [0.15, 0.2) is 48.6 Å². The number of likely N-dealkylation sites (N-methyl/N-ethyl adjacent to an activating group) is 1. The van der Waals surface area contributed by atoms with Crippen molar-refractivity contribution in [2.24, 2.45) is 0 Å². The predicted octanol–water partition coefficient (Wildman–Crippen LogP) is 11.4. The second-order valence-electron chi connectivity index (χ2n) is 13.5. The molecule has 0 saturated heterocycles. The van der Waals surface area contributed by atoms with Gasteiger partial charge < -0.3 is 19.7 Å². The van der Waals surface area contributed by atoms with Crippen LogP contribution in [0.1, 0.15) is 168 Å². The molecule has 9 nitrogen and oxygen atoms in total. The summed E-state index contributed by atoms with van der Waals surface area (Å²) in [5.74, 6) is -0.845. The molecular weight excluding hydrogens is 677 g/mol. The van der Waals surface area contributed by atoms with E-state index in [1.165, 1.54) is 57.8 Å². The molecule has 302 valence electrons. The summed E-state index contributed by atoms with van der Waals surface area (Å²) in [5.41, 5.74) is 0. The summed E-state index contributed by atoms with van der Waals surface area (Å²) in [6, 6.07) is 0. The Morgan fingerprint density at radius 2 is 1.04 bits per heavy atom. The molecule has 2 unspecified atom stereocenters. The van der Waals surface area contributed by atoms with Crippen LogP contribution in [0.2, 0.25) is 0 Å². The molecule has 0 radical (unpaired) electrons. The zero-order valence-corrected chi connectivity index (χ0v) is 34.1. The molecule has 0 aliphatic rings. The highest BCUT2D eigenvalue weighted by Gasteiger charge is 2.26. The summed E-state index contributed by atoms with van der Waals surface area (Å²) >= 11 is 0. The minimum absolute atomic E-state index is 0.0243. The Morgan fingerprint density at radius 3 is 1.60 bits per heavy atom. The summed E-state index contributed by atoms with van der Waals surface area (Å²) in [4.78, 5) is 35.0. The van der Waals surface area contributed by atoms with Crippen molar-refractivity contribution in [2.75, 3.05) is 33.4 Å². The van der Waals surface area contributed by atoms with Gasteiger partial charge in [-0.3, -0.25) is 18.6 Å². The Hall–Kier alpha value is -2.03. The molecule has 0 aromatic carbocycles. The van der Waals surface area contributed by atoms with Crippen LogP contribution in [0.3, 0.4) is 0 Å². The number of esters is 2. The Kier molecular flexibility index (Phi) is 37.2. The molecule has 0 aromatic rings. The van der Waals surface area contributed by atoms with Gasteiger partial charge in [0, 0.05) is 19.4 Å². The first-order valence-corrected chi connectivity index (χ1v) is 22.1. The van der Waals surface area contributed by atoms with Crippen LogP contribution >= 0.6 is 7.82 Å². The van der Waals surface area contributed by atoms with E-state index in [-0.39, 0.29) is 32.0 Å². The van der Waals surface area contributed by atoms with Crippen molar-refractivity contribution in [1.82, 2.24) is 5.32 Å². The third-order valence-electron chi connectivity index (χ3n) is 8.42. The van der Waals surface area contributed by atoms with Gasteiger partial charge in [0.05, 0.1) is 13.2 Å². The first-order valence-electron chi connectivity index (χ1n) is 20.6. The van der Waals surface area contributed by atoms with Crippen LogP contribution in [0.5, 0.6) is 0 Å². The van der Waals surface area contributed by atoms with Gasteiger partial charge in [0.1, 0.15) is 6.61 Å². The van der Waals surface area contributed by atoms with Gasteiger partial charge in [-0.05, 0) is 84.1 Å². The molecule has 0 rings (SSSR count). The lowest BCUT2D eigenvalue weighted by molar-refractivity contribution is -0.161. The Labute approximate surface area is 318 Å². The van der Waals surface area contributed by atoms with E-state index in [9.17, 15) is 19.0 Å². The van der Waals surface area contributed by atoms with Crippen LogP contribution in [0, 0.1) is 0 Å². The van der Waals surface area contributed by atoms with E-state index in [0.29, 0.717) is 13.0 Å². The van der Waals surface area contributed by atoms with Gasteiger partial charge in [-0.2, -0.15) is 0 Å². The van der Waals surface area contributed by atoms with Crippen molar-refractivity contribution in [3.05, 3.63) is 48.6 Å². The third-order valence-corrected chi connectivity index (χ3v) is 9.41. The molecule has 0 heterocycles. The van der Waals surface area contributed by atoms with Crippen LogP contribution in [-0.2, 0) is 32.7 Å². The van der Waals surface area contributed by atoms with E-state index >= 15 is 0 Å². The summed E-state index contributed by atoms with van der Waals surface area (Å²) < 4.78 is 33.1. The lowest BCUT2D eigenvalue weighted by atomic mass is 10.1. The van der Waals surface area contributed by atoms with Gasteiger partial charge in [0.15, 0.2) is 6.10 Å². The van der Waals surface area contributed by atoms with Gasteiger partial charge in [-0.25, -0.2) is 4.57 Å². The average Bonchev–Trinajstić information content (AvgIpc) is 3.12. The second-order valence-corrected chi connectivity index (χ2v) is 14.9. The van der Waals surface area contributed by atoms with Gasteiger partial charge in [0.25, 0.3) is 0 Å². The second kappa shape index (κ2) is 38.7. The van der Waals surface area contributed by atoms with Crippen molar-refractivity contribution in [3.63, 3.8) is 0 Å². The number of rotatable bonds is 38. The van der Waals surface area contributed by atoms with Crippen molar-refractivity contribution >= 4 is 19.8 Å². The highest BCUT2D eigenvalue weighted by Crippen LogP contribution is 2.43. The highest BCUT2D eigenvalue weighted by atomic mass is 31.2. The lowest BCUT2D eigenvalue weighted by Gasteiger charge is -2.20. The van der Waals surface area contributed by atoms with Gasteiger partial charge in [-0.15, -0.1) is 0 Å². The molecule has 52 heavy (non-hydrogen) atoms. The van der Waals surface area contributed by atoms with Crippen molar-refractivity contribution in [1.29, 1.82) is 0 Å². The zero-order chi connectivity index (χ0) is 38.2. The number of nitrogens with one attached hydrogen (secondary N) is 1. The molecule has 10 heteroatoms. The first-order chi connectivity index (χ1) is 25.3. The molecular formula is C42H76NO8P. The summed E-state index contributed by atoms with van der Waals surface area (Å²) in [6.07, 6.45) is 41.5. The van der Waals surface area contributed by atoms with Gasteiger partial charge in [-0.1, -0.05) is 127 Å². The van der Waals surface area contributed by atoms with Gasteiger partial charge in [0.2, 0.25) is 0 Å². The molecule has 0 bridgehead atoms. The van der Waals surface area contributed by atoms with E-state index in [1.54, 1.807) is 7.05 Å². The minimum atomic E-state index is -4.35. The highest BCUT2D eigenvalue weighted by molar-refractivity contribution is 7.47. The maximum Gasteiger partial charge on any atom is 0.472 e. The van der Waals surface area contributed by atoms with Crippen LogP contribution < -0.4 is 5.32 Å². The molecule has 0 aromatic heterocycles. The SMILES string of the molecule is CCCCC/C=C\C/C=C\C/C=C\CCCCCCC(=O)OC(COC(=O)CCCCCCC/C=C\CCCCCC)COP(=O)(O)OCCNC. The van der Waals surface area contributed by atoms with Crippen LogP contribution in [0.25, 0.3) is 0 Å². The number of carbonyl (C=O) groups is 2. The van der Waals surface area contributed by atoms with Crippen LogP contribution in [0.4, 0.5) is 0 Å². The van der Waals surface area contributed by atoms with Crippen molar-refractivity contribution in [2.45, 2.75) is 174 Å². The van der Waals surface area contributed by atoms with Gasteiger partial charge >= 0.3 is 19.8 Å². The quantitative estimate of drug-likeness (QED) is 0.0275. The fourth-order valence-corrected chi connectivity index (χ4v) is 6.01. The maximum atomic E-state index is 12.6. The van der Waals surface area contributed by atoms with Crippen molar-refractivity contribution < 1.29 is 37.6 Å². The third kappa shape index (κ3) is 37.7. The fourth-order valence-electron chi connectivity index (χ4n) is 5.26. The van der Waals surface area contributed by atoms with Crippen molar-refractivity contribution in [3.8, 4) is 0 Å². The smallest absolute Gasteiger partial charge is 0.462 e. The Balaban J connectivity index is 4.32. The number of allylic oxidation sites excluding steroid dienone is 8. The average molecular weight is 754 g/mol. The predicted molar refractivity (Wildman–Crippen MR) is 215 cm³/mol. The minimum Gasteiger partial charge on any atom is -0.462 e. The van der Waals surface area contributed by atoms with E-state index in [4.69, 9.17) is 18.5 Å². The topological polar surface area (TPSA) is 120 Å². The number of carbonyl (C=O) groups excluding carboxylic acids is 2. The molecule has 0 aliphatic carbocycles. The monoisotopic (exact) mass is 754 g/mol. The largest absolute Gasteiger partial charge is 0.472 e. The van der Waals surface area contributed by atoms with E-state index in [0.717, 1.165) is 77.0 Å². The molecule has 0 fully saturated rings. The van der Waals surface area contributed by atoms with E-state index in [1.807, 2.05) is 0 Å².